The summed E-state index contributed by atoms with van der Waals surface area (Å²) in [5.74, 6) is 0.586. The Morgan fingerprint density at radius 3 is 2.73 bits per heavy atom. The predicted octanol–water partition coefficient (Wildman–Crippen LogP) is -1.27. The molecule has 0 amide bonds. The first-order valence-corrected chi connectivity index (χ1v) is 3.77. The van der Waals surface area contributed by atoms with Gasteiger partial charge in [0.05, 0.1) is 12.1 Å². The molecule has 3 heteroatoms. The molecular formula is C8H14LiNO. The standard InChI is InChI=1S/C8H14NO.Li/c1-4-7(2)8(3)5-10-6-9-8;/h7H,4-5H2,1-3H3;/q-1;+1/t7-,8+;/m0./s1. The second-order valence-corrected chi connectivity index (χ2v) is 3.16. The van der Waals surface area contributed by atoms with Crippen LogP contribution in [0, 0.1) is 5.92 Å². The first kappa shape index (κ1) is 11.1. The first-order chi connectivity index (χ1) is 4.69. The molecule has 1 heterocycles. The molecule has 0 saturated heterocycles. The topological polar surface area (TPSA) is 21.6 Å². The zero-order chi connectivity index (χ0) is 7.61. The molecule has 0 aromatic heterocycles. The van der Waals surface area contributed by atoms with Crippen molar-refractivity contribution in [2.75, 3.05) is 6.61 Å². The van der Waals surface area contributed by atoms with E-state index in [-0.39, 0.29) is 24.4 Å². The Hall–Kier alpha value is 0.0674. The van der Waals surface area contributed by atoms with E-state index in [2.05, 4.69) is 32.2 Å². The van der Waals surface area contributed by atoms with Gasteiger partial charge in [-0.2, -0.15) is 0 Å². The molecule has 0 N–H and O–H groups in total. The van der Waals surface area contributed by atoms with E-state index in [0.717, 1.165) is 6.42 Å². The van der Waals surface area contributed by atoms with Crippen molar-refractivity contribution in [3.8, 4) is 0 Å². The fourth-order valence-electron chi connectivity index (χ4n) is 1.04. The van der Waals surface area contributed by atoms with Gasteiger partial charge < -0.3 is 9.73 Å². The Morgan fingerprint density at radius 2 is 2.36 bits per heavy atom. The molecule has 0 bridgehead atoms. The summed E-state index contributed by atoms with van der Waals surface area (Å²) < 4.78 is 4.97. The molecule has 0 radical (unpaired) electrons. The molecule has 11 heavy (non-hydrogen) atoms. The van der Waals surface area contributed by atoms with Crippen molar-refractivity contribution < 1.29 is 23.6 Å². The summed E-state index contributed by atoms with van der Waals surface area (Å²) in [5, 5.41) is 0. The molecule has 0 aliphatic carbocycles. The minimum Gasteiger partial charge on any atom is -0.673 e. The van der Waals surface area contributed by atoms with E-state index < -0.39 is 0 Å². The van der Waals surface area contributed by atoms with E-state index >= 15 is 0 Å². The molecule has 0 aromatic rings. The maximum Gasteiger partial charge on any atom is 1.00 e. The summed E-state index contributed by atoms with van der Waals surface area (Å²) >= 11 is 0. The van der Waals surface area contributed by atoms with E-state index in [0.29, 0.717) is 12.5 Å². The van der Waals surface area contributed by atoms with Crippen LogP contribution in [0.4, 0.5) is 0 Å². The smallest absolute Gasteiger partial charge is 0.673 e. The van der Waals surface area contributed by atoms with Gasteiger partial charge in [0.25, 0.3) is 0 Å². The number of aliphatic imine (C=N–C) groups is 1. The maximum atomic E-state index is 4.97. The molecule has 0 unspecified atom stereocenters. The van der Waals surface area contributed by atoms with Crippen molar-refractivity contribution in [1.82, 2.24) is 0 Å². The van der Waals surface area contributed by atoms with E-state index in [1.807, 2.05) is 0 Å². The maximum absolute atomic E-state index is 4.97. The molecule has 0 spiro atoms. The molecule has 1 aliphatic rings. The summed E-state index contributed by atoms with van der Waals surface area (Å²) in [6.45, 7) is 7.17. The molecule has 0 aromatic carbocycles. The van der Waals surface area contributed by atoms with Crippen LogP contribution in [0.3, 0.4) is 0 Å². The minimum atomic E-state index is -0.00521. The van der Waals surface area contributed by atoms with E-state index in [1.54, 1.807) is 0 Å². The Bertz CT molecular complexity index is 149. The van der Waals surface area contributed by atoms with Crippen LogP contribution < -0.4 is 18.9 Å². The number of hydrogen-bond donors (Lipinski definition) is 0. The summed E-state index contributed by atoms with van der Waals surface area (Å²) in [6, 6.07) is 0. The zero-order valence-electron chi connectivity index (χ0n) is 7.85. The van der Waals surface area contributed by atoms with Gasteiger partial charge in [0.1, 0.15) is 0 Å². The second kappa shape index (κ2) is 4.18. The first-order valence-electron chi connectivity index (χ1n) is 3.77. The van der Waals surface area contributed by atoms with Gasteiger partial charge in [-0.05, 0) is 12.8 Å². The molecule has 0 fully saturated rings. The van der Waals surface area contributed by atoms with Crippen molar-refractivity contribution in [2.45, 2.75) is 32.7 Å². The van der Waals surface area contributed by atoms with Gasteiger partial charge in [-0.3, -0.25) is 0 Å². The SMILES string of the molecule is CC[C@H](C)[C@@]1(C)CO[C-]=N1.[Li+]. The van der Waals surface area contributed by atoms with Gasteiger partial charge in [0, 0.05) is 0 Å². The fraction of sp³-hybridized carbons (Fsp3) is 0.875. The van der Waals surface area contributed by atoms with E-state index in [4.69, 9.17) is 4.74 Å². The van der Waals surface area contributed by atoms with Gasteiger partial charge in [-0.25, -0.2) is 6.40 Å². The molecule has 0 saturated carbocycles. The quantitative estimate of drug-likeness (QED) is 0.352. The molecule has 1 rings (SSSR count). The fourth-order valence-corrected chi connectivity index (χ4v) is 1.04. The molecule has 2 nitrogen and oxygen atoms in total. The van der Waals surface area contributed by atoms with E-state index in [1.165, 1.54) is 0 Å². The Kier molecular flexibility index (Phi) is 4.21. The molecule has 2 atom stereocenters. The van der Waals surface area contributed by atoms with Crippen LogP contribution in [0.2, 0.25) is 0 Å². The summed E-state index contributed by atoms with van der Waals surface area (Å²) in [7, 11) is 0. The van der Waals surface area contributed by atoms with Gasteiger partial charge in [0.2, 0.25) is 0 Å². The Morgan fingerprint density at radius 1 is 1.73 bits per heavy atom. The van der Waals surface area contributed by atoms with Crippen molar-refractivity contribution in [3.05, 3.63) is 0 Å². The van der Waals surface area contributed by atoms with Crippen molar-refractivity contribution in [3.63, 3.8) is 0 Å². The predicted molar refractivity (Wildman–Crippen MR) is 41.2 cm³/mol. The van der Waals surface area contributed by atoms with Crippen LogP contribution in [-0.2, 0) is 4.74 Å². The zero-order valence-corrected chi connectivity index (χ0v) is 7.85. The van der Waals surface area contributed by atoms with Crippen LogP contribution in [0.5, 0.6) is 0 Å². The van der Waals surface area contributed by atoms with Gasteiger partial charge in [-0.1, -0.05) is 20.3 Å². The minimum absolute atomic E-state index is 0. The number of rotatable bonds is 2. The average molecular weight is 147 g/mol. The van der Waals surface area contributed by atoms with Crippen LogP contribution >= 0.6 is 0 Å². The number of nitrogens with zero attached hydrogens (tertiary/aromatic N) is 1. The Balaban J connectivity index is 0.000001000. The van der Waals surface area contributed by atoms with Crippen LogP contribution in [0.15, 0.2) is 4.99 Å². The van der Waals surface area contributed by atoms with Crippen molar-refractivity contribution in [2.24, 2.45) is 10.9 Å². The molecule has 58 valence electrons. The van der Waals surface area contributed by atoms with Crippen LogP contribution in [0.25, 0.3) is 0 Å². The van der Waals surface area contributed by atoms with Crippen molar-refractivity contribution in [1.29, 1.82) is 0 Å². The average Bonchev–Trinajstić information content (AvgIpc) is 2.36. The molecular weight excluding hydrogens is 133 g/mol. The van der Waals surface area contributed by atoms with Gasteiger partial charge in [-0.15, -0.1) is 0 Å². The monoisotopic (exact) mass is 147 g/mol. The third-order valence-corrected chi connectivity index (χ3v) is 2.40. The van der Waals surface area contributed by atoms with Crippen LogP contribution in [-0.4, -0.2) is 18.5 Å². The van der Waals surface area contributed by atoms with Gasteiger partial charge in [0.15, 0.2) is 0 Å². The third kappa shape index (κ3) is 2.25. The molecule has 1 aliphatic heterocycles. The van der Waals surface area contributed by atoms with Gasteiger partial charge >= 0.3 is 18.9 Å². The Labute approximate surface area is 80.6 Å². The summed E-state index contributed by atoms with van der Waals surface area (Å²) in [6.07, 6.45) is 3.70. The van der Waals surface area contributed by atoms with Crippen molar-refractivity contribution >= 4 is 6.40 Å². The normalized spacial score (nSPS) is 30.8. The largest absolute Gasteiger partial charge is 1.00 e. The number of hydrogen-bond acceptors (Lipinski definition) is 2. The second-order valence-electron chi connectivity index (χ2n) is 3.16. The summed E-state index contributed by atoms with van der Waals surface area (Å²) in [5.41, 5.74) is -0.00521. The summed E-state index contributed by atoms with van der Waals surface area (Å²) in [4.78, 5) is 4.17. The third-order valence-electron chi connectivity index (χ3n) is 2.40. The van der Waals surface area contributed by atoms with Crippen LogP contribution in [0.1, 0.15) is 27.2 Å². The van der Waals surface area contributed by atoms with E-state index in [9.17, 15) is 0 Å². The number of ether oxygens (including phenoxy) is 1.